The van der Waals surface area contributed by atoms with Gasteiger partial charge in [0.25, 0.3) is 5.78 Å². The Labute approximate surface area is 102 Å². The number of hydrogen-bond acceptors (Lipinski definition) is 5. The summed E-state index contributed by atoms with van der Waals surface area (Å²) in [5, 5.41) is 8.48. The van der Waals surface area contributed by atoms with Crippen LogP contribution in [-0.4, -0.2) is 38.6 Å². The molecule has 0 aromatic heterocycles. The molecule has 0 bridgehead atoms. The van der Waals surface area contributed by atoms with E-state index >= 15 is 0 Å². The third kappa shape index (κ3) is 2.48. The number of ether oxygens (including phenoxy) is 1. The predicted octanol–water partition coefficient (Wildman–Crippen LogP) is 0.505. The van der Waals surface area contributed by atoms with Gasteiger partial charge in [-0.3, -0.25) is 4.79 Å². The highest BCUT2D eigenvalue weighted by Crippen LogP contribution is 2.29. The number of aliphatic carboxylic acids is 1. The lowest BCUT2D eigenvalue weighted by atomic mass is 10.1. The van der Waals surface area contributed by atoms with Crippen LogP contribution in [0, 0.1) is 5.82 Å². The number of Topliss-reactive ketones (excluding diaryl/α,β-unsaturated/α-hetero) is 1. The van der Waals surface area contributed by atoms with Crippen molar-refractivity contribution in [3.05, 3.63) is 23.5 Å². The summed E-state index contributed by atoms with van der Waals surface area (Å²) in [7, 11) is -2.88. The van der Waals surface area contributed by atoms with Gasteiger partial charge in [0.2, 0.25) is 0 Å². The van der Waals surface area contributed by atoms with Crippen molar-refractivity contribution in [3.63, 3.8) is 0 Å². The van der Waals surface area contributed by atoms with Crippen LogP contribution in [-0.2, 0) is 14.6 Å². The Balaban J connectivity index is 3.64. The number of methoxy groups -OCH3 is 1. The van der Waals surface area contributed by atoms with Crippen LogP contribution in [0.25, 0.3) is 0 Å². The molecule has 0 fully saturated rings. The molecular formula is C10H9FO6S. The first kappa shape index (κ1) is 14.1. The molecule has 1 N–H and O–H groups in total. The lowest BCUT2D eigenvalue weighted by Crippen LogP contribution is -2.17. The lowest BCUT2D eigenvalue weighted by molar-refractivity contribution is -0.131. The van der Waals surface area contributed by atoms with Crippen LogP contribution in [0.15, 0.2) is 17.0 Å². The second-order valence-corrected chi connectivity index (χ2v) is 5.32. The number of carbonyl (C=O) groups is 2. The first-order valence-electron chi connectivity index (χ1n) is 4.54. The monoisotopic (exact) mass is 276 g/mol. The minimum absolute atomic E-state index is 0.295. The molecule has 0 saturated heterocycles. The van der Waals surface area contributed by atoms with Gasteiger partial charge in [0.15, 0.2) is 15.7 Å². The average Bonchev–Trinajstić information content (AvgIpc) is 2.25. The van der Waals surface area contributed by atoms with Gasteiger partial charge in [-0.2, -0.15) is 0 Å². The Morgan fingerprint density at radius 1 is 1.33 bits per heavy atom. The zero-order chi connectivity index (χ0) is 14.1. The smallest absolute Gasteiger partial charge is 0.377 e. The van der Waals surface area contributed by atoms with Gasteiger partial charge in [-0.15, -0.1) is 0 Å². The number of carboxylic acid groups (broad SMARTS) is 1. The van der Waals surface area contributed by atoms with Gasteiger partial charge >= 0.3 is 5.97 Å². The second-order valence-electron chi connectivity index (χ2n) is 3.36. The van der Waals surface area contributed by atoms with Gasteiger partial charge in [0.1, 0.15) is 10.6 Å². The van der Waals surface area contributed by atoms with Crippen LogP contribution in [0.1, 0.15) is 10.4 Å². The van der Waals surface area contributed by atoms with E-state index in [0.29, 0.717) is 0 Å². The molecule has 18 heavy (non-hydrogen) atoms. The molecule has 1 aromatic carbocycles. The molecule has 0 atom stereocenters. The number of benzene rings is 1. The SMILES string of the molecule is COc1ccc(C(=O)C(=O)O)c(F)c1S(C)(=O)=O. The fourth-order valence-corrected chi connectivity index (χ4v) is 2.29. The van der Waals surface area contributed by atoms with E-state index in [-0.39, 0.29) is 5.75 Å². The van der Waals surface area contributed by atoms with Crippen LogP contribution >= 0.6 is 0 Å². The molecule has 6 nitrogen and oxygen atoms in total. The highest BCUT2D eigenvalue weighted by Gasteiger charge is 2.27. The third-order valence-electron chi connectivity index (χ3n) is 2.09. The van der Waals surface area contributed by atoms with Crippen LogP contribution in [0.3, 0.4) is 0 Å². The van der Waals surface area contributed by atoms with E-state index < -0.39 is 37.9 Å². The Kier molecular flexibility index (Phi) is 3.70. The molecule has 0 amide bonds. The fraction of sp³-hybridized carbons (Fsp3) is 0.200. The quantitative estimate of drug-likeness (QED) is 0.635. The Morgan fingerprint density at radius 2 is 1.89 bits per heavy atom. The molecule has 1 rings (SSSR count). The normalized spacial score (nSPS) is 11.1. The zero-order valence-corrected chi connectivity index (χ0v) is 10.2. The van der Waals surface area contributed by atoms with E-state index in [2.05, 4.69) is 4.74 Å². The standard InChI is InChI=1S/C10H9FO6S/c1-17-6-4-3-5(8(12)10(13)14)7(11)9(6)18(2,15)16/h3-4H,1-2H3,(H,13,14). The Bertz CT molecular complexity index is 620. The van der Waals surface area contributed by atoms with Crippen molar-refractivity contribution in [2.75, 3.05) is 13.4 Å². The Hall–Kier alpha value is -1.96. The molecule has 98 valence electrons. The molecule has 0 unspecified atom stereocenters. The molecular weight excluding hydrogens is 267 g/mol. The summed E-state index contributed by atoms with van der Waals surface area (Å²) in [5.41, 5.74) is -0.830. The molecule has 0 aliphatic rings. The van der Waals surface area contributed by atoms with Crippen molar-refractivity contribution in [1.82, 2.24) is 0 Å². The maximum atomic E-state index is 13.9. The van der Waals surface area contributed by atoms with Crippen molar-refractivity contribution in [2.45, 2.75) is 4.90 Å². The van der Waals surface area contributed by atoms with E-state index in [0.717, 1.165) is 25.5 Å². The summed E-state index contributed by atoms with van der Waals surface area (Å²) in [5.74, 6) is -5.13. The summed E-state index contributed by atoms with van der Waals surface area (Å²) >= 11 is 0. The van der Waals surface area contributed by atoms with Crippen LogP contribution < -0.4 is 4.74 Å². The van der Waals surface area contributed by atoms with Crippen LogP contribution in [0.2, 0.25) is 0 Å². The number of ketones is 1. The molecule has 0 heterocycles. The Morgan fingerprint density at radius 3 is 2.28 bits per heavy atom. The van der Waals surface area contributed by atoms with Crippen molar-refractivity contribution in [1.29, 1.82) is 0 Å². The number of halogens is 1. The first-order valence-corrected chi connectivity index (χ1v) is 6.43. The summed E-state index contributed by atoms with van der Waals surface area (Å²) in [4.78, 5) is 20.8. The number of hydrogen-bond donors (Lipinski definition) is 1. The molecule has 1 aromatic rings. The maximum absolute atomic E-state index is 13.9. The van der Waals surface area contributed by atoms with Crippen molar-refractivity contribution >= 4 is 21.6 Å². The van der Waals surface area contributed by atoms with E-state index in [9.17, 15) is 22.4 Å². The van der Waals surface area contributed by atoms with Gasteiger partial charge in [0, 0.05) is 6.26 Å². The third-order valence-corrected chi connectivity index (χ3v) is 3.21. The van der Waals surface area contributed by atoms with Crippen molar-refractivity contribution in [3.8, 4) is 5.75 Å². The van der Waals surface area contributed by atoms with E-state index in [1.165, 1.54) is 0 Å². The van der Waals surface area contributed by atoms with Crippen LogP contribution in [0.5, 0.6) is 5.75 Å². The van der Waals surface area contributed by atoms with Crippen molar-refractivity contribution in [2.24, 2.45) is 0 Å². The topological polar surface area (TPSA) is 97.7 Å². The minimum atomic E-state index is -4.00. The maximum Gasteiger partial charge on any atom is 0.377 e. The van der Waals surface area contributed by atoms with E-state index in [1.807, 2.05) is 0 Å². The number of carbonyl (C=O) groups excluding carboxylic acids is 1. The molecule has 0 spiro atoms. The van der Waals surface area contributed by atoms with Gasteiger partial charge < -0.3 is 9.84 Å². The highest BCUT2D eigenvalue weighted by molar-refractivity contribution is 7.90. The largest absolute Gasteiger partial charge is 0.495 e. The minimum Gasteiger partial charge on any atom is -0.495 e. The van der Waals surface area contributed by atoms with Gasteiger partial charge in [-0.1, -0.05) is 0 Å². The second kappa shape index (κ2) is 4.73. The van der Waals surface area contributed by atoms with Gasteiger partial charge in [-0.25, -0.2) is 17.6 Å². The lowest BCUT2D eigenvalue weighted by Gasteiger charge is -2.09. The number of rotatable bonds is 4. The summed E-state index contributed by atoms with van der Waals surface area (Å²) in [6.07, 6.45) is 0.725. The summed E-state index contributed by atoms with van der Waals surface area (Å²) < 4.78 is 41.4. The zero-order valence-electron chi connectivity index (χ0n) is 9.43. The summed E-state index contributed by atoms with van der Waals surface area (Å²) in [6, 6.07) is 1.88. The molecule has 8 heteroatoms. The van der Waals surface area contributed by atoms with E-state index in [1.54, 1.807) is 0 Å². The average molecular weight is 276 g/mol. The number of sulfone groups is 1. The fourth-order valence-electron chi connectivity index (χ4n) is 1.34. The van der Waals surface area contributed by atoms with Gasteiger partial charge in [-0.05, 0) is 12.1 Å². The number of carboxylic acids is 1. The highest BCUT2D eigenvalue weighted by atomic mass is 32.2. The summed E-state index contributed by atoms with van der Waals surface area (Å²) in [6.45, 7) is 0. The molecule has 0 aliphatic heterocycles. The van der Waals surface area contributed by atoms with E-state index in [4.69, 9.17) is 5.11 Å². The van der Waals surface area contributed by atoms with Crippen LogP contribution in [0.4, 0.5) is 4.39 Å². The molecule has 0 saturated carbocycles. The van der Waals surface area contributed by atoms with Crippen molar-refractivity contribution < 1.29 is 32.2 Å². The predicted molar refractivity (Wildman–Crippen MR) is 58.0 cm³/mol. The van der Waals surface area contributed by atoms with Gasteiger partial charge in [0.05, 0.1) is 12.7 Å². The first-order chi connectivity index (χ1) is 8.20. The molecule has 0 aliphatic carbocycles. The molecule has 0 radical (unpaired) electrons.